The second-order valence-corrected chi connectivity index (χ2v) is 9.58. The number of hydrogen-bond donors (Lipinski definition) is 1. The second-order valence-electron chi connectivity index (χ2n) is 7.01. The minimum absolute atomic E-state index is 0.152. The first-order valence-electron chi connectivity index (χ1n) is 9.64. The van der Waals surface area contributed by atoms with E-state index in [0.29, 0.717) is 0 Å². The second kappa shape index (κ2) is 8.45. The number of Topliss-reactive ketones (excluding diaryl/α,β-unsaturated/α-hetero) is 1. The average Bonchev–Trinajstić information content (AvgIpc) is 3.36. The number of nitrogens with zero attached hydrogens (tertiary/aromatic N) is 2. The number of carbonyl (C=O) groups excluding carboxylic acids is 1. The zero-order valence-corrected chi connectivity index (χ0v) is 17.7. The maximum atomic E-state index is 12.8. The van der Waals surface area contributed by atoms with Crippen molar-refractivity contribution < 1.29 is 4.79 Å². The molecule has 1 aliphatic carbocycles. The van der Waals surface area contributed by atoms with Crippen molar-refractivity contribution in [1.29, 1.82) is 0 Å². The van der Waals surface area contributed by atoms with Gasteiger partial charge in [-0.3, -0.25) is 4.79 Å². The van der Waals surface area contributed by atoms with E-state index >= 15 is 0 Å². The highest BCUT2D eigenvalue weighted by Gasteiger charge is 2.21. The number of fused-ring (bicyclic) bond motifs is 1. The predicted octanol–water partition coefficient (Wildman–Crippen LogP) is 5.70. The first kappa shape index (κ1) is 19.2. The van der Waals surface area contributed by atoms with E-state index in [2.05, 4.69) is 46.7 Å². The first-order chi connectivity index (χ1) is 13.6. The van der Waals surface area contributed by atoms with Crippen molar-refractivity contribution in [2.75, 3.05) is 5.32 Å². The van der Waals surface area contributed by atoms with Crippen molar-refractivity contribution in [2.24, 2.45) is 0 Å². The van der Waals surface area contributed by atoms with Gasteiger partial charge in [-0.1, -0.05) is 54.3 Å². The van der Waals surface area contributed by atoms with Crippen LogP contribution in [0.15, 0.2) is 46.8 Å². The lowest BCUT2D eigenvalue weighted by atomic mass is 10.0. The molecule has 0 unspecified atom stereocenters. The lowest BCUT2D eigenvalue weighted by Gasteiger charge is -2.09. The average molecular weight is 410 g/mol. The van der Waals surface area contributed by atoms with Gasteiger partial charge in [0.05, 0.1) is 5.25 Å². The van der Waals surface area contributed by atoms with Crippen molar-refractivity contribution in [1.82, 2.24) is 10.2 Å². The molecule has 6 heteroatoms. The van der Waals surface area contributed by atoms with Gasteiger partial charge >= 0.3 is 0 Å². The van der Waals surface area contributed by atoms with Crippen LogP contribution in [0.1, 0.15) is 47.3 Å². The van der Waals surface area contributed by atoms with E-state index in [1.54, 1.807) is 0 Å². The number of nitrogens with one attached hydrogen (secondary N) is 1. The zero-order valence-electron chi connectivity index (χ0n) is 16.1. The molecule has 1 heterocycles. The number of ketones is 1. The maximum absolute atomic E-state index is 12.8. The van der Waals surface area contributed by atoms with Gasteiger partial charge < -0.3 is 5.32 Å². The molecular formula is C22H23N3OS2. The molecule has 4 rings (SSSR count). The molecule has 3 aromatic rings. The van der Waals surface area contributed by atoms with E-state index < -0.39 is 0 Å². The Morgan fingerprint density at radius 3 is 2.71 bits per heavy atom. The van der Waals surface area contributed by atoms with Crippen LogP contribution < -0.4 is 5.32 Å². The maximum Gasteiger partial charge on any atom is 0.210 e. The summed E-state index contributed by atoms with van der Waals surface area (Å²) < 4.78 is 0.801. The van der Waals surface area contributed by atoms with E-state index in [9.17, 15) is 4.79 Å². The summed E-state index contributed by atoms with van der Waals surface area (Å²) >= 11 is 2.95. The fourth-order valence-corrected chi connectivity index (χ4v) is 5.41. The highest BCUT2D eigenvalue weighted by Crippen LogP contribution is 2.32. The molecule has 1 aromatic heterocycles. The molecule has 0 aliphatic heterocycles. The standard InChI is InChI=1S/C22H23N3OS2/c1-3-15-7-11-19(12-8-15)23-21-24-25-22(28-21)27-14(2)20(26)18-10-9-16-5-4-6-17(16)13-18/h7-14H,3-6H2,1-2H3,(H,23,24)/t14-/m1/s1. The molecule has 0 spiro atoms. The predicted molar refractivity (Wildman–Crippen MR) is 117 cm³/mol. The molecule has 4 nitrogen and oxygen atoms in total. The van der Waals surface area contributed by atoms with E-state index in [0.717, 1.165) is 40.0 Å². The third kappa shape index (κ3) is 4.28. The Kier molecular flexibility index (Phi) is 5.78. The summed E-state index contributed by atoms with van der Waals surface area (Å²) in [4.78, 5) is 12.8. The van der Waals surface area contributed by atoms with Crippen molar-refractivity contribution in [3.05, 3.63) is 64.7 Å². The van der Waals surface area contributed by atoms with Crippen LogP contribution in [0.5, 0.6) is 0 Å². The number of hydrogen-bond acceptors (Lipinski definition) is 6. The number of carbonyl (C=O) groups is 1. The largest absolute Gasteiger partial charge is 0.330 e. The van der Waals surface area contributed by atoms with Gasteiger partial charge in [-0.25, -0.2) is 0 Å². The Labute approximate surface area is 173 Å². The molecule has 144 valence electrons. The molecule has 0 amide bonds. The van der Waals surface area contributed by atoms with Gasteiger partial charge in [0.25, 0.3) is 0 Å². The van der Waals surface area contributed by atoms with Crippen LogP contribution in [0, 0.1) is 0 Å². The molecule has 0 radical (unpaired) electrons. The lowest BCUT2D eigenvalue weighted by Crippen LogP contribution is -2.13. The zero-order chi connectivity index (χ0) is 19.5. The van der Waals surface area contributed by atoms with Gasteiger partial charge in [0.2, 0.25) is 5.13 Å². The number of aromatic nitrogens is 2. The fraction of sp³-hybridized carbons (Fsp3) is 0.318. The van der Waals surface area contributed by atoms with Gasteiger partial charge in [0.1, 0.15) is 0 Å². The van der Waals surface area contributed by atoms with Gasteiger partial charge in [-0.2, -0.15) is 0 Å². The summed E-state index contributed by atoms with van der Waals surface area (Å²) in [7, 11) is 0. The molecule has 1 aliphatic rings. The van der Waals surface area contributed by atoms with Crippen LogP contribution in [0.25, 0.3) is 0 Å². The Morgan fingerprint density at radius 2 is 1.93 bits per heavy atom. The van der Waals surface area contributed by atoms with Crippen molar-refractivity contribution in [2.45, 2.75) is 49.1 Å². The molecule has 0 bridgehead atoms. The summed E-state index contributed by atoms with van der Waals surface area (Å²) in [5, 5.41) is 12.3. The molecule has 0 saturated carbocycles. The van der Waals surface area contributed by atoms with Crippen molar-refractivity contribution >= 4 is 39.7 Å². The van der Waals surface area contributed by atoms with Crippen LogP contribution in [-0.4, -0.2) is 21.2 Å². The summed E-state index contributed by atoms with van der Waals surface area (Å²) in [5.41, 5.74) is 5.83. The van der Waals surface area contributed by atoms with E-state index in [1.807, 2.05) is 25.1 Å². The van der Waals surface area contributed by atoms with Gasteiger partial charge in [-0.05, 0) is 67.5 Å². The summed E-state index contributed by atoms with van der Waals surface area (Å²) in [6.45, 7) is 4.08. The lowest BCUT2D eigenvalue weighted by molar-refractivity contribution is 0.0994. The Hall–Kier alpha value is -2.18. The topological polar surface area (TPSA) is 54.9 Å². The molecule has 2 aromatic carbocycles. The van der Waals surface area contributed by atoms with E-state index in [-0.39, 0.29) is 11.0 Å². The minimum Gasteiger partial charge on any atom is -0.330 e. The highest BCUT2D eigenvalue weighted by atomic mass is 32.2. The third-order valence-electron chi connectivity index (χ3n) is 5.05. The summed E-state index contributed by atoms with van der Waals surface area (Å²) in [6.07, 6.45) is 4.44. The van der Waals surface area contributed by atoms with Crippen molar-refractivity contribution in [3.8, 4) is 0 Å². The van der Waals surface area contributed by atoms with Crippen LogP contribution in [0.4, 0.5) is 10.8 Å². The van der Waals surface area contributed by atoms with E-state index in [1.165, 1.54) is 46.2 Å². The number of anilines is 2. The number of benzene rings is 2. The van der Waals surface area contributed by atoms with Gasteiger partial charge in [0.15, 0.2) is 10.1 Å². The molecule has 0 saturated heterocycles. The number of rotatable bonds is 7. The number of aryl methyl sites for hydroxylation is 3. The SMILES string of the molecule is CCc1ccc(Nc2nnc(S[C@H](C)C(=O)c3ccc4c(c3)CCC4)s2)cc1. The van der Waals surface area contributed by atoms with Crippen LogP contribution >= 0.6 is 23.1 Å². The molecular weight excluding hydrogens is 386 g/mol. The minimum atomic E-state index is -0.191. The third-order valence-corrected chi connectivity index (χ3v) is 7.07. The summed E-state index contributed by atoms with van der Waals surface area (Å²) in [5.74, 6) is 0.152. The highest BCUT2D eigenvalue weighted by molar-refractivity contribution is 8.02. The Balaban J connectivity index is 1.39. The molecule has 1 N–H and O–H groups in total. The van der Waals surface area contributed by atoms with Crippen LogP contribution in [0.2, 0.25) is 0 Å². The van der Waals surface area contributed by atoms with Crippen molar-refractivity contribution in [3.63, 3.8) is 0 Å². The molecule has 0 fully saturated rings. The van der Waals surface area contributed by atoms with Gasteiger partial charge in [-0.15, -0.1) is 10.2 Å². The quantitative estimate of drug-likeness (QED) is 0.401. The van der Waals surface area contributed by atoms with Gasteiger partial charge in [0, 0.05) is 11.3 Å². The van der Waals surface area contributed by atoms with E-state index in [4.69, 9.17) is 0 Å². The first-order valence-corrected chi connectivity index (χ1v) is 11.3. The smallest absolute Gasteiger partial charge is 0.210 e. The normalized spacial score (nSPS) is 13.9. The Morgan fingerprint density at radius 1 is 1.14 bits per heavy atom. The van der Waals surface area contributed by atoms with Crippen LogP contribution in [-0.2, 0) is 19.3 Å². The monoisotopic (exact) mass is 409 g/mol. The molecule has 28 heavy (non-hydrogen) atoms. The van der Waals surface area contributed by atoms with Crippen LogP contribution in [0.3, 0.4) is 0 Å². The Bertz CT molecular complexity index is 982. The number of thioether (sulfide) groups is 1. The molecule has 1 atom stereocenters. The fourth-order valence-electron chi connectivity index (χ4n) is 3.42. The summed E-state index contributed by atoms with van der Waals surface area (Å²) in [6, 6.07) is 14.5.